The summed E-state index contributed by atoms with van der Waals surface area (Å²) in [6.45, 7) is 2.30. The number of alkyl halides is 1. The molecular formula is C15H19ClFNO. The number of amides is 1. The van der Waals surface area contributed by atoms with E-state index in [-0.39, 0.29) is 17.1 Å². The van der Waals surface area contributed by atoms with Crippen LogP contribution in [0.15, 0.2) is 18.2 Å². The fourth-order valence-corrected chi connectivity index (χ4v) is 2.89. The molecule has 2 rings (SSSR count). The molecule has 0 spiro atoms. The molecule has 104 valence electrons. The zero-order valence-corrected chi connectivity index (χ0v) is 11.8. The Morgan fingerprint density at radius 2 is 2.26 bits per heavy atom. The molecule has 0 bridgehead atoms. The predicted octanol–water partition coefficient (Wildman–Crippen LogP) is 3.66. The third-order valence-electron chi connectivity index (χ3n) is 3.70. The highest BCUT2D eigenvalue weighted by Crippen LogP contribution is 2.27. The zero-order valence-electron chi connectivity index (χ0n) is 11.1. The van der Waals surface area contributed by atoms with Crippen molar-refractivity contribution in [3.63, 3.8) is 0 Å². The van der Waals surface area contributed by atoms with Crippen molar-refractivity contribution in [1.82, 2.24) is 5.32 Å². The van der Waals surface area contributed by atoms with Crippen LogP contribution in [0.1, 0.15) is 41.6 Å². The number of carbonyl (C=O) groups excluding carboxylic acids is 1. The lowest BCUT2D eigenvalue weighted by Crippen LogP contribution is -2.32. The lowest BCUT2D eigenvalue weighted by atomic mass is 9.89. The first kappa shape index (κ1) is 14.3. The predicted molar refractivity (Wildman–Crippen MR) is 75.1 cm³/mol. The van der Waals surface area contributed by atoms with Crippen LogP contribution in [0, 0.1) is 18.7 Å². The fourth-order valence-electron chi connectivity index (χ4n) is 2.48. The summed E-state index contributed by atoms with van der Waals surface area (Å²) in [5.41, 5.74) is 0.926. The number of benzene rings is 1. The van der Waals surface area contributed by atoms with Crippen molar-refractivity contribution in [2.45, 2.75) is 38.0 Å². The molecule has 4 heteroatoms. The molecule has 19 heavy (non-hydrogen) atoms. The van der Waals surface area contributed by atoms with Crippen LogP contribution in [0.3, 0.4) is 0 Å². The van der Waals surface area contributed by atoms with Crippen LogP contribution in [0.2, 0.25) is 0 Å². The van der Waals surface area contributed by atoms with Crippen molar-refractivity contribution in [1.29, 1.82) is 0 Å². The second kappa shape index (κ2) is 6.38. The van der Waals surface area contributed by atoms with Gasteiger partial charge in [-0.1, -0.05) is 12.5 Å². The van der Waals surface area contributed by atoms with Gasteiger partial charge in [0.05, 0.1) is 0 Å². The van der Waals surface area contributed by atoms with Gasteiger partial charge in [0, 0.05) is 17.5 Å². The molecular weight excluding hydrogens is 265 g/mol. The van der Waals surface area contributed by atoms with E-state index < -0.39 is 0 Å². The highest BCUT2D eigenvalue weighted by atomic mass is 35.5. The molecule has 2 nitrogen and oxygen atoms in total. The molecule has 0 heterocycles. The Bertz CT molecular complexity index is 463. The van der Waals surface area contributed by atoms with Crippen molar-refractivity contribution >= 4 is 17.5 Å². The molecule has 0 aromatic heterocycles. The Morgan fingerprint density at radius 3 is 2.95 bits per heavy atom. The van der Waals surface area contributed by atoms with Gasteiger partial charge in [-0.3, -0.25) is 4.79 Å². The number of rotatable bonds is 3. The van der Waals surface area contributed by atoms with E-state index in [4.69, 9.17) is 11.6 Å². The third-order valence-corrected chi connectivity index (χ3v) is 4.10. The van der Waals surface area contributed by atoms with E-state index >= 15 is 0 Å². The summed E-state index contributed by atoms with van der Waals surface area (Å²) in [6, 6.07) is 4.56. The first-order chi connectivity index (χ1) is 9.06. The van der Waals surface area contributed by atoms with Gasteiger partial charge < -0.3 is 5.32 Å². The molecule has 2 unspecified atom stereocenters. The van der Waals surface area contributed by atoms with Crippen molar-refractivity contribution in [3.8, 4) is 0 Å². The fraction of sp³-hybridized carbons (Fsp3) is 0.533. The highest BCUT2D eigenvalue weighted by Gasteiger charge is 2.20. The van der Waals surface area contributed by atoms with Gasteiger partial charge >= 0.3 is 0 Å². The van der Waals surface area contributed by atoms with Gasteiger partial charge in [0.2, 0.25) is 0 Å². The van der Waals surface area contributed by atoms with E-state index in [1.807, 2.05) is 0 Å². The second-order valence-electron chi connectivity index (χ2n) is 5.30. The minimum atomic E-state index is -0.342. The molecule has 1 aromatic rings. The largest absolute Gasteiger partial charge is 0.352 e. The number of nitrogens with one attached hydrogen (secondary N) is 1. The quantitative estimate of drug-likeness (QED) is 0.843. The van der Waals surface area contributed by atoms with Gasteiger partial charge in [0.15, 0.2) is 0 Å². The Balaban J connectivity index is 1.88. The van der Waals surface area contributed by atoms with Gasteiger partial charge in [-0.05, 0) is 49.8 Å². The summed E-state index contributed by atoms with van der Waals surface area (Å²) < 4.78 is 13.4. The van der Waals surface area contributed by atoms with E-state index in [1.54, 1.807) is 19.1 Å². The Hall–Kier alpha value is -1.09. The van der Waals surface area contributed by atoms with Gasteiger partial charge in [0.1, 0.15) is 5.82 Å². The van der Waals surface area contributed by atoms with Crippen molar-refractivity contribution in [3.05, 3.63) is 35.1 Å². The van der Waals surface area contributed by atoms with Crippen molar-refractivity contribution < 1.29 is 9.18 Å². The smallest absolute Gasteiger partial charge is 0.251 e. The van der Waals surface area contributed by atoms with Crippen molar-refractivity contribution in [2.75, 3.05) is 6.54 Å². The highest BCUT2D eigenvalue weighted by molar-refractivity contribution is 6.20. The lowest BCUT2D eigenvalue weighted by molar-refractivity contribution is 0.0943. The van der Waals surface area contributed by atoms with E-state index in [9.17, 15) is 9.18 Å². The standard InChI is InChI=1S/C15H19ClFNO/c1-10-5-6-12(8-14(10)17)15(19)18-9-11-3-2-4-13(16)7-11/h5-6,8,11,13H,2-4,7,9H2,1H3,(H,18,19). The Labute approximate surface area is 118 Å². The second-order valence-corrected chi connectivity index (χ2v) is 5.92. The normalized spacial score (nSPS) is 23.1. The van der Waals surface area contributed by atoms with Gasteiger partial charge in [-0.2, -0.15) is 0 Å². The number of halogens is 2. The summed E-state index contributed by atoms with van der Waals surface area (Å²) >= 11 is 6.12. The minimum absolute atomic E-state index is 0.212. The van der Waals surface area contributed by atoms with Gasteiger partial charge in [-0.15, -0.1) is 11.6 Å². The molecule has 1 fully saturated rings. The van der Waals surface area contributed by atoms with E-state index in [1.165, 1.54) is 6.07 Å². The van der Waals surface area contributed by atoms with Crippen LogP contribution in [0.25, 0.3) is 0 Å². The molecule has 1 saturated carbocycles. The third kappa shape index (κ3) is 3.93. The summed E-state index contributed by atoms with van der Waals surface area (Å²) in [4.78, 5) is 11.9. The lowest BCUT2D eigenvalue weighted by Gasteiger charge is -2.25. The molecule has 1 amide bonds. The molecule has 0 saturated heterocycles. The SMILES string of the molecule is Cc1ccc(C(=O)NCC2CCCC(Cl)C2)cc1F. The van der Waals surface area contributed by atoms with E-state index in [0.717, 1.165) is 25.7 Å². The van der Waals surface area contributed by atoms with Crippen LogP contribution in [0.5, 0.6) is 0 Å². The minimum Gasteiger partial charge on any atom is -0.352 e. The van der Waals surface area contributed by atoms with Gasteiger partial charge in [0.25, 0.3) is 5.91 Å². The Kier molecular flexibility index (Phi) is 4.81. The molecule has 0 radical (unpaired) electrons. The van der Waals surface area contributed by atoms with Gasteiger partial charge in [-0.25, -0.2) is 4.39 Å². The average molecular weight is 284 g/mol. The summed E-state index contributed by atoms with van der Waals surface area (Å²) in [7, 11) is 0. The van der Waals surface area contributed by atoms with Crippen LogP contribution in [0.4, 0.5) is 4.39 Å². The van der Waals surface area contributed by atoms with E-state index in [0.29, 0.717) is 23.6 Å². The monoisotopic (exact) mass is 283 g/mol. The molecule has 1 aliphatic rings. The van der Waals surface area contributed by atoms with Crippen LogP contribution >= 0.6 is 11.6 Å². The number of hydrogen-bond acceptors (Lipinski definition) is 1. The average Bonchev–Trinajstić information content (AvgIpc) is 2.39. The van der Waals surface area contributed by atoms with Crippen LogP contribution in [-0.2, 0) is 0 Å². The maximum absolute atomic E-state index is 13.4. The molecule has 0 aliphatic heterocycles. The topological polar surface area (TPSA) is 29.1 Å². The summed E-state index contributed by atoms with van der Waals surface area (Å²) in [5, 5.41) is 3.10. The number of hydrogen-bond donors (Lipinski definition) is 1. The number of aryl methyl sites for hydroxylation is 1. The number of carbonyl (C=O) groups is 1. The zero-order chi connectivity index (χ0) is 13.8. The maximum atomic E-state index is 13.4. The van der Waals surface area contributed by atoms with Crippen molar-refractivity contribution in [2.24, 2.45) is 5.92 Å². The summed E-state index contributed by atoms with van der Waals surface area (Å²) in [5.74, 6) is -0.114. The Morgan fingerprint density at radius 1 is 1.47 bits per heavy atom. The molecule has 1 aromatic carbocycles. The molecule has 2 atom stereocenters. The van der Waals surface area contributed by atoms with E-state index in [2.05, 4.69) is 5.32 Å². The van der Waals surface area contributed by atoms with Crippen LogP contribution in [-0.4, -0.2) is 17.8 Å². The maximum Gasteiger partial charge on any atom is 0.251 e. The summed E-state index contributed by atoms with van der Waals surface area (Å²) in [6.07, 6.45) is 4.24. The molecule has 1 aliphatic carbocycles. The molecule has 1 N–H and O–H groups in total. The first-order valence-corrected chi connectivity index (χ1v) is 7.18. The first-order valence-electron chi connectivity index (χ1n) is 6.74. The van der Waals surface area contributed by atoms with Crippen LogP contribution < -0.4 is 5.32 Å².